The van der Waals surface area contributed by atoms with Crippen LogP contribution in [-0.2, 0) is 20.0 Å². The summed E-state index contributed by atoms with van der Waals surface area (Å²) < 4.78 is 0. The van der Waals surface area contributed by atoms with Crippen molar-refractivity contribution >= 4 is 45.6 Å². The van der Waals surface area contributed by atoms with Gasteiger partial charge in [0.05, 0.1) is 6.04 Å². The lowest BCUT2D eigenvalue weighted by atomic mass is 9.77. The molecule has 1 aliphatic rings. The number of thiazole rings is 1. The number of amides is 2. The predicted octanol–water partition coefficient (Wildman–Crippen LogP) is 5.20. The normalized spacial score (nSPS) is 15.9. The van der Waals surface area contributed by atoms with Crippen molar-refractivity contribution in [1.29, 1.82) is 0 Å². The zero-order chi connectivity index (χ0) is 31.5. The van der Waals surface area contributed by atoms with Gasteiger partial charge in [0.25, 0.3) is 5.91 Å². The minimum atomic E-state index is -0.780. The van der Waals surface area contributed by atoms with Crippen LogP contribution < -0.4 is 16.0 Å². The molecule has 1 fully saturated rings. The predicted molar refractivity (Wildman–Crippen MR) is 177 cm³/mol. The molecule has 3 aromatic carbocycles. The zero-order valence-corrected chi connectivity index (χ0v) is 25.9. The summed E-state index contributed by atoms with van der Waals surface area (Å²) in [4.78, 5) is 38.5. The summed E-state index contributed by atoms with van der Waals surface area (Å²) in [5.41, 5.74) is 2.55. The van der Waals surface area contributed by atoms with Gasteiger partial charge in [-0.1, -0.05) is 102 Å². The second-order valence-corrected chi connectivity index (χ2v) is 11.0. The van der Waals surface area contributed by atoms with Crippen molar-refractivity contribution in [3.63, 3.8) is 0 Å². The van der Waals surface area contributed by atoms with Gasteiger partial charge in [-0.25, -0.2) is 4.98 Å². The molecule has 6 rings (SSSR count). The molecule has 0 radical (unpaired) electrons. The van der Waals surface area contributed by atoms with Gasteiger partial charge in [0.1, 0.15) is 24.4 Å². The summed E-state index contributed by atoms with van der Waals surface area (Å²) in [7, 11) is 1.35. The number of halogens is 1. The van der Waals surface area contributed by atoms with Gasteiger partial charge in [-0.05, 0) is 28.8 Å². The first-order chi connectivity index (χ1) is 22.1. The highest BCUT2D eigenvalue weighted by atomic mass is 35.5. The molecule has 11 heteroatoms. The van der Waals surface area contributed by atoms with E-state index in [1.807, 2.05) is 72.8 Å². The number of β-lactam (4-membered cyclic amide) rings is 1. The van der Waals surface area contributed by atoms with E-state index in [0.717, 1.165) is 16.7 Å². The van der Waals surface area contributed by atoms with E-state index in [1.54, 1.807) is 17.8 Å². The molecule has 0 bridgehead atoms. The van der Waals surface area contributed by atoms with Gasteiger partial charge in [-0.2, -0.15) is 0 Å². The molecule has 3 heterocycles. The second-order valence-electron chi connectivity index (χ2n) is 9.88. The van der Waals surface area contributed by atoms with E-state index >= 15 is 0 Å². The van der Waals surface area contributed by atoms with Crippen molar-refractivity contribution in [3.8, 4) is 0 Å². The molecule has 228 valence electrons. The fourth-order valence-electron chi connectivity index (χ4n) is 4.94. The summed E-state index contributed by atoms with van der Waals surface area (Å²) in [5, 5.41) is 15.2. The van der Waals surface area contributed by atoms with E-state index in [2.05, 4.69) is 62.5 Å². The van der Waals surface area contributed by atoms with Crippen LogP contribution in [-0.4, -0.2) is 52.6 Å². The number of oxime groups is 1. The average molecular weight is 639 g/mol. The molecular weight excluding hydrogens is 608 g/mol. The van der Waals surface area contributed by atoms with Crippen LogP contribution in [0, 0.1) is 0 Å². The van der Waals surface area contributed by atoms with Crippen LogP contribution in [0.1, 0.15) is 22.4 Å². The van der Waals surface area contributed by atoms with Crippen LogP contribution in [0.15, 0.2) is 132 Å². The Labute approximate surface area is 270 Å². The number of hydrogen-bond acceptors (Lipinski definition) is 8. The number of anilines is 1. The minimum Gasteiger partial charge on any atom is -0.398 e. The maximum atomic E-state index is 13.1. The number of nitrogens with one attached hydrogen (secondary N) is 3. The standard InChI is InChI=1S/C29H26ClN5O3S.C5H5N/c1-38-35-25(27(37)33-24-22(17-30)31-26(24)36)23-18-39-28(32-23)34-29(19-11-5-2-6-12-19,20-13-7-3-8-14-20)21-15-9-4-10-16-21;1-2-4-6-5-3-1/h2-16,18,22,24H,17H2,1H3,(H,31,36)(H,32,34)(H,33,37);1-5H. The van der Waals surface area contributed by atoms with E-state index in [9.17, 15) is 9.59 Å². The van der Waals surface area contributed by atoms with E-state index in [4.69, 9.17) is 21.4 Å². The Kier molecular flexibility index (Phi) is 10.5. The molecule has 2 amide bonds. The molecule has 2 atom stereocenters. The van der Waals surface area contributed by atoms with Crippen LogP contribution in [0.4, 0.5) is 5.13 Å². The van der Waals surface area contributed by atoms with Crippen molar-refractivity contribution in [2.45, 2.75) is 17.6 Å². The third-order valence-electron chi connectivity index (χ3n) is 7.09. The molecule has 0 spiro atoms. The van der Waals surface area contributed by atoms with Gasteiger partial charge in [-0.15, -0.1) is 22.9 Å². The first-order valence-corrected chi connectivity index (χ1v) is 15.5. The van der Waals surface area contributed by atoms with Gasteiger partial charge >= 0.3 is 0 Å². The number of carbonyl (C=O) groups excluding carboxylic acids is 2. The lowest BCUT2D eigenvalue weighted by molar-refractivity contribution is -0.134. The lowest BCUT2D eigenvalue weighted by Gasteiger charge is -2.36. The number of carbonyl (C=O) groups is 2. The smallest absolute Gasteiger partial charge is 0.276 e. The molecular formula is C34H31ClN6O3S. The molecule has 5 aromatic rings. The number of pyridine rings is 1. The molecule has 1 aliphatic heterocycles. The molecule has 0 aliphatic carbocycles. The molecule has 9 nitrogen and oxygen atoms in total. The zero-order valence-electron chi connectivity index (χ0n) is 24.3. The third-order valence-corrected chi connectivity index (χ3v) is 8.18. The Morgan fingerprint density at radius 3 is 1.87 bits per heavy atom. The van der Waals surface area contributed by atoms with Crippen LogP contribution in [0.5, 0.6) is 0 Å². The summed E-state index contributed by atoms with van der Waals surface area (Å²) in [6, 6.07) is 35.0. The van der Waals surface area contributed by atoms with Crippen molar-refractivity contribution in [2.24, 2.45) is 5.16 Å². The van der Waals surface area contributed by atoms with E-state index in [1.165, 1.54) is 18.4 Å². The number of benzene rings is 3. The number of hydrogen-bond donors (Lipinski definition) is 3. The van der Waals surface area contributed by atoms with Crippen LogP contribution in [0.25, 0.3) is 0 Å². The van der Waals surface area contributed by atoms with Crippen molar-refractivity contribution in [3.05, 3.63) is 149 Å². The SMILES string of the molecule is CON=C(C(=O)NC1C(=O)NC1CCl)c1csc(NC(c2ccccc2)(c2ccccc2)c2ccccc2)n1.c1ccncc1. The average Bonchev–Trinajstić information content (AvgIpc) is 3.57. The Morgan fingerprint density at radius 2 is 1.44 bits per heavy atom. The Morgan fingerprint density at radius 1 is 0.911 bits per heavy atom. The highest BCUT2D eigenvalue weighted by molar-refractivity contribution is 7.14. The molecule has 45 heavy (non-hydrogen) atoms. The Hall–Kier alpha value is -5.06. The number of nitrogens with zero attached hydrogens (tertiary/aromatic N) is 3. The molecule has 0 saturated carbocycles. The Bertz CT molecular complexity index is 1580. The summed E-state index contributed by atoms with van der Waals surface area (Å²) >= 11 is 7.22. The molecule has 1 saturated heterocycles. The molecule has 3 N–H and O–H groups in total. The maximum absolute atomic E-state index is 13.1. The van der Waals surface area contributed by atoms with E-state index in [-0.39, 0.29) is 23.5 Å². The van der Waals surface area contributed by atoms with Crippen LogP contribution in [0.2, 0.25) is 0 Å². The summed E-state index contributed by atoms with van der Waals surface area (Å²) in [6.45, 7) is 0. The number of rotatable bonds is 10. The summed E-state index contributed by atoms with van der Waals surface area (Å²) in [6.07, 6.45) is 3.50. The van der Waals surface area contributed by atoms with Crippen molar-refractivity contribution in [2.75, 3.05) is 18.3 Å². The van der Waals surface area contributed by atoms with Crippen LogP contribution >= 0.6 is 22.9 Å². The second kappa shape index (κ2) is 15.1. The maximum Gasteiger partial charge on any atom is 0.276 e. The highest BCUT2D eigenvalue weighted by Crippen LogP contribution is 2.40. The van der Waals surface area contributed by atoms with Crippen molar-refractivity contribution < 1.29 is 14.4 Å². The number of aromatic nitrogens is 2. The monoisotopic (exact) mass is 638 g/mol. The number of alkyl halides is 1. The topological polar surface area (TPSA) is 118 Å². The van der Waals surface area contributed by atoms with Gasteiger partial charge < -0.3 is 20.8 Å². The van der Waals surface area contributed by atoms with Gasteiger partial charge in [0, 0.05) is 23.7 Å². The van der Waals surface area contributed by atoms with Crippen molar-refractivity contribution in [1.82, 2.24) is 20.6 Å². The summed E-state index contributed by atoms with van der Waals surface area (Å²) in [5.74, 6) is -0.701. The fraction of sp³-hybridized carbons (Fsp3) is 0.147. The quantitative estimate of drug-likeness (QED) is 0.0636. The van der Waals surface area contributed by atoms with Gasteiger partial charge in [0.15, 0.2) is 10.8 Å². The highest BCUT2D eigenvalue weighted by Gasteiger charge is 2.41. The largest absolute Gasteiger partial charge is 0.398 e. The third kappa shape index (κ3) is 7.19. The van der Waals surface area contributed by atoms with E-state index < -0.39 is 17.5 Å². The first kappa shape index (κ1) is 31.4. The van der Waals surface area contributed by atoms with E-state index in [0.29, 0.717) is 10.8 Å². The Balaban J connectivity index is 0.000000598. The van der Waals surface area contributed by atoms with Crippen LogP contribution in [0.3, 0.4) is 0 Å². The molecule has 2 unspecified atom stereocenters. The first-order valence-electron chi connectivity index (χ1n) is 14.1. The van der Waals surface area contributed by atoms with Gasteiger partial charge in [-0.3, -0.25) is 14.6 Å². The fourth-order valence-corrected chi connectivity index (χ4v) is 5.94. The minimum absolute atomic E-state index is 0.0421. The molecule has 2 aromatic heterocycles. The lowest BCUT2D eigenvalue weighted by Crippen LogP contribution is -2.70. The van der Waals surface area contributed by atoms with Gasteiger partial charge in [0.2, 0.25) is 5.91 Å².